The van der Waals surface area contributed by atoms with Gasteiger partial charge in [0.15, 0.2) is 6.29 Å². The van der Waals surface area contributed by atoms with Gasteiger partial charge in [-0.1, -0.05) is 66.7 Å². The molecule has 50 heavy (non-hydrogen) atoms. The topological polar surface area (TPSA) is 147 Å². The van der Waals surface area contributed by atoms with E-state index >= 15 is 0 Å². The van der Waals surface area contributed by atoms with Crippen LogP contribution in [0.15, 0.2) is 72.8 Å². The second kappa shape index (κ2) is 17.2. The Hall–Kier alpha value is -4.13. The standard InChI is InChI=1S/C39H49N3O8/c1-39(2,3)50-37(46)33-9-6-20-42(33)24-32-22-34(29-14-12-26(25-43)13-15-29)49-38(48-32)30-18-16-28(17-19-30)31-8-4-7-27(21-31)23-40-35(44)10-5-11-36(45)41-47/h4,7-8,12-19,21,32-34,38,43,47H,5-6,9-11,20,22-25H2,1-3H3,(H,40,44)(H,41,45). The molecule has 0 aliphatic carbocycles. The average Bonchev–Trinajstić information content (AvgIpc) is 3.58. The normalized spacial score (nSPS) is 21.1. The second-order valence-corrected chi connectivity index (χ2v) is 14.0. The van der Waals surface area contributed by atoms with Crippen molar-refractivity contribution in [2.75, 3.05) is 13.1 Å². The third-order valence-corrected chi connectivity index (χ3v) is 8.96. The SMILES string of the molecule is CC(C)(C)OC(=O)C1CCCN1CC1CC(c2ccc(CO)cc2)OC(c2ccc(-c3cccc(CNC(=O)CCCC(=O)NO)c3)cc2)O1. The number of esters is 1. The predicted octanol–water partition coefficient (Wildman–Crippen LogP) is 5.49. The molecular formula is C39H49N3O8. The highest BCUT2D eigenvalue weighted by Gasteiger charge is 2.39. The van der Waals surface area contributed by atoms with E-state index in [1.54, 1.807) is 5.48 Å². The van der Waals surface area contributed by atoms with E-state index in [0.29, 0.717) is 25.9 Å². The quantitative estimate of drug-likeness (QED) is 0.104. The molecule has 0 spiro atoms. The van der Waals surface area contributed by atoms with Crippen LogP contribution in [0.25, 0.3) is 11.1 Å². The maximum atomic E-state index is 13.1. The number of carbonyl (C=O) groups excluding carboxylic acids is 3. The fourth-order valence-electron chi connectivity index (χ4n) is 6.42. The van der Waals surface area contributed by atoms with Crippen molar-refractivity contribution in [3.05, 3.63) is 95.1 Å². The Morgan fingerprint density at radius 1 is 0.900 bits per heavy atom. The number of likely N-dealkylation sites (tertiary alicyclic amines) is 1. The molecule has 0 bridgehead atoms. The Labute approximate surface area is 293 Å². The van der Waals surface area contributed by atoms with E-state index in [1.165, 1.54) is 0 Å². The highest BCUT2D eigenvalue weighted by Crippen LogP contribution is 2.39. The lowest BCUT2D eigenvalue weighted by molar-refractivity contribution is -0.253. The van der Waals surface area contributed by atoms with Gasteiger partial charge in [-0.25, -0.2) is 5.48 Å². The summed E-state index contributed by atoms with van der Waals surface area (Å²) in [6.07, 6.45) is 1.85. The summed E-state index contributed by atoms with van der Waals surface area (Å²) in [5.74, 6) is -0.868. The van der Waals surface area contributed by atoms with E-state index in [2.05, 4.69) is 10.2 Å². The van der Waals surface area contributed by atoms with E-state index in [-0.39, 0.29) is 49.6 Å². The van der Waals surface area contributed by atoms with Gasteiger partial charge in [0.1, 0.15) is 11.6 Å². The van der Waals surface area contributed by atoms with Gasteiger partial charge in [0.05, 0.1) is 18.8 Å². The fourth-order valence-corrected chi connectivity index (χ4v) is 6.42. The number of carbonyl (C=O) groups is 3. The zero-order chi connectivity index (χ0) is 35.7. The Kier molecular flexibility index (Phi) is 12.8. The van der Waals surface area contributed by atoms with Crippen molar-refractivity contribution in [2.45, 2.75) is 103 Å². The minimum absolute atomic E-state index is 0.0293. The minimum Gasteiger partial charge on any atom is -0.459 e. The molecule has 0 aromatic heterocycles. The number of hydrogen-bond acceptors (Lipinski definition) is 9. The summed E-state index contributed by atoms with van der Waals surface area (Å²) in [5, 5.41) is 21.0. The first-order valence-electron chi connectivity index (χ1n) is 17.4. The molecule has 3 aromatic carbocycles. The molecule has 2 aliphatic rings. The summed E-state index contributed by atoms with van der Waals surface area (Å²) in [7, 11) is 0. The van der Waals surface area contributed by atoms with Gasteiger partial charge in [-0.05, 0) is 80.5 Å². The molecule has 268 valence electrons. The molecule has 11 nitrogen and oxygen atoms in total. The maximum absolute atomic E-state index is 13.1. The van der Waals surface area contributed by atoms with Crippen molar-refractivity contribution < 1.29 is 38.9 Å². The van der Waals surface area contributed by atoms with Crippen LogP contribution in [0, 0.1) is 0 Å². The first-order chi connectivity index (χ1) is 24.0. The third kappa shape index (κ3) is 10.4. The van der Waals surface area contributed by atoms with E-state index in [9.17, 15) is 19.5 Å². The van der Waals surface area contributed by atoms with Gasteiger partial charge in [-0.15, -0.1) is 0 Å². The molecule has 2 heterocycles. The molecule has 0 radical (unpaired) electrons. The Morgan fingerprint density at radius 3 is 2.32 bits per heavy atom. The van der Waals surface area contributed by atoms with Gasteiger partial charge in [0, 0.05) is 37.9 Å². The lowest BCUT2D eigenvalue weighted by Crippen LogP contribution is -2.45. The molecule has 2 saturated heterocycles. The summed E-state index contributed by atoms with van der Waals surface area (Å²) < 4.78 is 18.9. The van der Waals surface area contributed by atoms with Crippen LogP contribution in [0.3, 0.4) is 0 Å². The van der Waals surface area contributed by atoms with Gasteiger partial charge in [-0.2, -0.15) is 0 Å². The van der Waals surface area contributed by atoms with E-state index < -0.39 is 17.8 Å². The number of aliphatic hydroxyl groups is 1. The average molecular weight is 688 g/mol. The number of benzene rings is 3. The van der Waals surface area contributed by atoms with Gasteiger partial charge in [-0.3, -0.25) is 24.5 Å². The summed E-state index contributed by atoms with van der Waals surface area (Å²) in [4.78, 5) is 38.6. The Morgan fingerprint density at radius 2 is 1.62 bits per heavy atom. The predicted molar refractivity (Wildman–Crippen MR) is 186 cm³/mol. The highest BCUT2D eigenvalue weighted by molar-refractivity contribution is 5.78. The monoisotopic (exact) mass is 687 g/mol. The second-order valence-electron chi connectivity index (χ2n) is 14.0. The van der Waals surface area contributed by atoms with Crippen LogP contribution >= 0.6 is 0 Å². The molecule has 0 saturated carbocycles. The van der Waals surface area contributed by atoms with Crippen molar-refractivity contribution in [1.29, 1.82) is 0 Å². The number of rotatable bonds is 13. The first-order valence-corrected chi connectivity index (χ1v) is 17.4. The van der Waals surface area contributed by atoms with Gasteiger partial charge in [0.2, 0.25) is 11.8 Å². The number of hydrogen-bond donors (Lipinski definition) is 4. The van der Waals surface area contributed by atoms with Crippen LogP contribution in [0.1, 0.15) is 93.9 Å². The third-order valence-electron chi connectivity index (χ3n) is 8.96. The Balaban J connectivity index is 1.27. The maximum Gasteiger partial charge on any atom is 0.323 e. The zero-order valence-electron chi connectivity index (χ0n) is 29.1. The zero-order valence-corrected chi connectivity index (χ0v) is 29.1. The van der Waals surface area contributed by atoms with Crippen LogP contribution in [0.5, 0.6) is 0 Å². The van der Waals surface area contributed by atoms with Crippen molar-refractivity contribution in [2.24, 2.45) is 0 Å². The van der Waals surface area contributed by atoms with Crippen molar-refractivity contribution in [3.63, 3.8) is 0 Å². The molecule has 2 fully saturated rings. The van der Waals surface area contributed by atoms with E-state index in [4.69, 9.17) is 19.4 Å². The van der Waals surface area contributed by atoms with E-state index in [1.807, 2.05) is 93.6 Å². The molecule has 11 heteroatoms. The molecule has 2 aliphatic heterocycles. The first kappa shape index (κ1) is 37.1. The molecular weight excluding hydrogens is 638 g/mol. The summed E-state index contributed by atoms with van der Waals surface area (Å²) in [6.45, 7) is 7.37. The van der Waals surface area contributed by atoms with Crippen molar-refractivity contribution >= 4 is 17.8 Å². The van der Waals surface area contributed by atoms with Crippen molar-refractivity contribution in [3.8, 4) is 11.1 Å². The summed E-state index contributed by atoms with van der Waals surface area (Å²) in [6, 6.07) is 23.5. The highest BCUT2D eigenvalue weighted by atomic mass is 16.7. The van der Waals surface area contributed by atoms with Crippen LogP contribution in [0.2, 0.25) is 0 Å². The van der Waals surface area contributed by atoms with Gasteiger partial charge < -0.3 is 24.6 Å². The minimum atomic E-state index is -0.627. The fraction of sp³-hybridized carbons (Fsp3) is 0.462. The van der Waals surface area contributed by atoms with Gasteiger partial charge in [0.25, 0.3) is 0 Å². The lowest BCUT2D eigenvalue weighted by atomic mass is 9.98. The molecule has 4 N–H and O–H groups in total. The molecule has 3 aromatic rings. The summed E-state index contributed by atoms with van der Waals surface area (Å²) >= 11 is 0. The van der Waals surface area contributed by atoms with Crippen LogP contribution in [-0.4, -0.2) is 63.8 Å². The smallest absolute Gasteiger partial charge is 0.323 e. The number of ether oxygens (including phenoxy) is 3. The number of hydroxylamine groups is 1. The van der Waals surface area contributed by atoms with Crippen molar-refractivity contribution in [1.82, 2.24) is 15.7 Å². The Bertz CT molecular complexity index is 1590. The molecule has 4 atom stereocenters. The molecule has 2 amide bonds. The van der Waals surface area contributed by atoms with Crippen LogP contribution in [-0.2, 0) is 41.7 Å². The van der Waals surface area contributed by atoms with E-state index in [0.717, 1.165) is 52.8 Å². The molecule has 4 unspecified atom stereocenters. The number of nitrogens with one attached hydrogen (secondary N) is 2. The molecule has 5 rings (SSSR count). The number of amides is 2. The van der Waals surface area contributed by atoms with Crippen LogP contribution in [0.4, 0.5) is 0 Å². The lowest BCUT2D eigenvalue weighted by Gasteiger charge is -2.38. The summed E-state index contributed by atoms with van der Waals surface area (Å²) in [5.41, 5.74) is 6.66. The van der Waals surface area contributed by atoms with Gasteiger partial charge >= 0.3 is 5.97 Å². The van der Waals surface area contributed by atoms with Crippen LogP contribution < -0.4 is 10.8 Å². The number of nitrogens with zero attached hydrogens (tertiary/aromatic N) is 1. The number of aliphatic hydroxyl groups excluding tert-OH is 1. The largest absolute Gasteiger partial charge is 0.459 e.